The first-order chi connectivity index (χ1) is 4.22. The molecule has 0 aromatic carbocycles. The van der Waals surface area contributed by atoms with Crippen LogP contribution in [0.3, 0.4) is 0 Å². The van der Waals surface area contributed by atoms with Crippen molar-refractivity contribution >= 4 is 27.7 Å². The summed E-state index contributed by atoms with van der Waals surface area (Å²) in [6, 6.07) is 0. The van der Waals surface area contributed by atoms with Crippen molar-refractivity contribution in [3.8, 4) is 0 Å². The molecule has 1 aliphatic heterocycles. The fourth-order valence-electron chi connectivity index (χ4n) is 0.954. The first-order valence-electron chi connectivity index (χ1n) is 3.05. The summed E-state index contributed by atoms with van der Waals surface area (Å²) < 4.78 is 9.73. The Morgan fingerprint density at radius 3 is 2.56 bits per heavy atom. The second-order valence-electron chi connectivity index (χ2n) is 2.44. The van der Waals surface area contributed by atoms with Crippen LogP contribution in [0, 0.1) is 0 Å². The van der Waals surface area contributed by atoms with Crippen LogP contribution < -0.4 is 0 Å². The van der Waals surface area contributed by atoms with Crippen molar-refractivity contribution in [1.82, 2.24) is 0 Å². The molecule has 0 radical (unpaired) electrons. The summed E-state index contributed by atoms with van der Waals surface area (Å²) in [5, 5.41) is 0. The molecule has 0 amide bonds. The van der Waals surface area contributed by atoms with Crippen molar-refractivity contribution in [2.45, 2.75) is 19.3 Å². The number of carbonyl (C=O) groups is 1. The standard InChI is InChI=1S/C4H5O2.2CH3.Bi/c5-4-2-1-3-6-4;;;/h2H,1,3H2;2*1H3;. The van der Waals surface area contributed by atoms with Crippen molar-refractivity contribution < 1.29 is 9.53 Å². The van der Waals surface area contributed by atoms with Crippen molar-refractivity contribution in [2.75, 3.05) is 6.61 Å². The van der Waals surface area contributed by atoms with E-state index in [1.165, 1.54) is 0 Å². The van der Waals surface area contributed by atoms with Crippen LogP contribution in [0.4, 0.5) is 0 Å². The van der Waals surface area contributed by atoms with Gasteiger partial charge >= 0.3 is 63.2 Å². The van der Waals surface area contributed by atoms with E-state index in [1.807, 2.05) is 0 Å². The van der Waals surface area contributed by atoms with E-state index in [4.69, 9.17) is 4.74 Å². The number of carbonyl (C=O) groups excluding carboxylic acids is 1. The summed E-state index contributed by atoms with van der Waals surface area (Å²) >= 11 is -1.32. The van der Waals surface area contributed by atoms with Gasteiger partial charge in [0, 0.05) is 0 Å². The Labute approximate surface area is 63.3 Å². The molecule has 1 heterocycles. The second kappa shape index (κ2) is 2.96. The van der Waals surface area contributed by atoms with Gasteiger partial charge in [-0.3, -0.25) is 0 Å². The number of hydrogen-bond donors (Lipinski definition) is 0. The van der Waals surface area contributed by atoms with E-state index in [1.54, 1.807) is 0 Å². The van der Waals surface area contributed by atoms with Crippen LogP contribution in [-0.2, 0) is 9.53 Å². The van der Waals surface area contributed by atoms with Crippen LogP contribution in [0.2, 0.25) is 12.9 Å². The van der Waals surface area contributed by atoms with Crippen molar-refractivity contribution in [2.24, 2.45) is 0 Å². The Kier molecular flexibility index (Phi) is 2.45. The zero-order chi connectivity index (χ0) is 6.85. The van der Waals surface area contributed by atoms with Gasteiger partial charge in [0.2, 0.25) is 0 Å². The minimum absolute atomic E-state index is 0.0813. The summed E-state index contributed by atoms with van der Waals surface area (Å²) in [5.74, 6) is 0.0813. The fourth-order valence-corrected chi connectivity index (χ4v) is 5.30. The van der Waals surface area contributed by atoms with Gasteiger partial charge in [-0.05, 0) is 0 Å². The normalized spacial score (nSPS) is 27.0. The Morgan fingerprint density at radius 1 is 1.67 bits per heavy atom. The second-order valence-corrected chi connectivity index (χ2v) is 12.4. The first kappa shape index (κ1) is 7.46. The molecule has 1 unspecified atom stereocenters. The number of ether oxygens (including phenoxy) is 1. The third-order valence-electron chi connectivity index (χ3n) is 1.53. The number of hydrogen-bond acceptors (Lipinski definition) is 2. The van der Waals surface area contributed by atoms with Gasteiger partial charge in [0.25, 0.3) is 0 Å². The molecule has 0 N–H and O–H groups in total. The first-order valence-corrected chi connectivity index (χ1v) is 12.0. The quantitative estimate of drug-likeness (QED) is 0.533. The molecule has 1 atom stereocenters. The molecule has 2 nitrogen and oxygen atoms in total. The van der Waals surface area contributed by atoms with E-state index in [2.05, 4.69) is 9.26 Å². The topological polar surface area (TPSA) is 26.3 Å². The number of cyclic esters (lactones) is 1. The molecule has 0 spiro atoms. The average molecular weight is 324 g/mol. The average Bonchev–Trinajstić information content (AvgIpc) is 2.13. The molecule has 0 saturated carbocycles. The van der Waals surface area contributed by atoms with Gasteiger partial charge in [-0.15, -0.1) is 0 Å². The van der Waals surface area contributed by atoms with E-state index < -0.39 is 21.8 Å². The summed E-state index contributed by atoms with van der Waals surface area (Å²) in [4.78, 5) is 10.8. The van der Waals surface area contributed by atoms with Crippen LogP contribution in [0.1, 0.15) is 6.42 Å². The van der Waals surface area contributed by atoms with Gasteiger partial charge in [-0.25, -0.2) is 0 Å². The van der Waals surface area contributed by atoms with Gasteiger partial charge in [-0.2, -0.15) is 0 Å². The third kappa shape index (κ3) is 1.64. The van der Waals surface area contributed by atoms with Gasteiger partial charge in [0.1, 0.15) is 0 Å². The minimum atomic E-state index is -1.32. The van der Waals surface area contributed by atoms with E-state index in [0.717, 1.165) is 6.42 Å². The summed E-state index contributed by atoms with van der Waals surface area (Å²) in [5.41, 5.74) is 0. The SMILES string of the molecule is [CH3][Bi]([CH3])[CH]1CCOC1=O. The monoisotopic (exact) mass is 324 g/mol. The van der Waals surface area contributed by atoms with Crippen LogP contribution in [-0.4, -0.2) is 34.3 Å². The maximum atomic E-state index is 10.8. The molecule has 0 aliphatic carbocycles. The predicted octanol–water partition coefficient (Wildman–Crippen LogP) is 1.06. The molecular formula is C6H11BiO2. The number of esters is 1. The van der Waals surface area contributed by atoms with Crippen molar-refractivity contribution in [3.05, 3.63) is 0 Å². The van der Waals surface area contributed by atoms with Crippen LogP contribution in [0.25, 0.3) is 0 Å². The van der Waals surface area contributed by atoms with Crippen LogP contribution in [0.5, 0.6) is 0 Å². The Bertz CT molecular complexity index is 122. The molecule has 0 aromatic heterocycles. The maximum absolute atomic E-state index is 10.8. The molecular weight excluding hydrogens is 313 g/mol. The third-order valence-corrected chi connectivity index (χ3v) is 8.20. The predicted molar refractivity (Wildman–Crippen MR) is 36.8 cm³/mol. The van der Waals surface area contributed by atoms with Crippen LogP contribution >= 0.6 is 0 Å². The van der Waals surface area contributed by atoms with Gasteiger partial charge < -0.3 is 0 Å². The molecule has 1 aliphatic rings. The Morgan fingerprint density at radius 2 is 2.33 bits per heavy atom. The molecule has 1 saturated heterocycles. The van der Waals surface area contributed by atoms with E-state index in [0.29, 0.717) is 10.2 Å². The molecule has 0 bridgehead atoms. The molecule has 9 heavy (non-hydrogen) atoms. The zero-order valence-electron chi connectivity index (χ0n) is 5.76. The van der Waals surface area contributed by atoms with Gasteiger partial charge in [0.15, 0.2) is 0 Å². The van der Waals surface area contributed by atoms with E-state index in [-0.39, 0.29) is 5.97 Å². The molecule has 3 heteroatoms. The van der Waals surface area contributed by atoms with E-state index >= 15 is 0 Å². The molecule has 1 fully saturated rings. The molecule has 1 rings (SSSR count). The summed E-state index contributed by atoms with van der Waals surface area (Å²) in [6.07, 6.45) is 1.00. The number of rotatable bonds is 1. The molecule has 0 aromatic rings. The molecule has 52 valence electrons. The van der Waals surface area contributed by atoms with Gasteiger partial charge in [-0.1, -0.05) is 0 Å². The van der Waals surface area contributed by atoms with Gasteiger partial charge in [0.05, 0.1) is 0 Å². The fraction of sp³-hybridized carbons (Fsp3) is 0.833. The summed E-state index contributed by atoms with van der Waals surface area (Å²) in [6.45, 7) is 0.678. The summed E-state index contributed by atoms with van der Waals surface area (Å²) in [7, 11) is 0. The van der Waals surface area contributed by atoms with Crippen molar-refractivity contribution in [3.63, 3.8) is 0 Å². The Balaban J connectivity index is 2.49. The van der Waals surface area contributed by atoms with Crippen molar-refractivity contribution in [1.29, 1.82) is 0 Å². The van der Waals surface area contributed by atoms with Crippen LogP contribution in [0.15, 0.2) is 0 Å². The zero-order valence-corrected chi connectivity index (χ0v) is 9.23. The Hall–Kier alpha value is 0.353. The van der Waals surface area contributed by atoms with E-state index in [9.17, 15) is 4.79 Å².